The van der Waals surface area contributed by atoms with Crippen molar-refractivity contribution in [3.8, 4) is 0 Å². The van der Waals surface area contributed by atoms with Gasteiger partial charge in [0.1, 0.15) is 0 Å². The summed E-state index contributed by atoms with van der Waals surface area (Å²) < 4.78 is 5.67. The summed E-state index contributed by atoms with van der Waals surface area (Å²) in [5.74, 6) is 1.04. The van der Waals surface area contributed by atoms with Crippen LogP contribution in [0.25, 0.3) is 0 Å². The highest BCUT2D eigenvalue weighted by Gasteiger charge is 2.51. The lowest BCUT2D eigenvalue weighted by Crippen LogP contribution is -2.55. The molecule has 4 fully saturated rings. The molecule has 3 atom stereocenters. The number of piperidine rings is 1. The molecule has 4 aliphatic rings. The van der Waals surface area contributed by atoms with Crippen molar-refractivity contribution in [1.29, 1.82) is 0 Å². The summed E-state index contributed by atoms with van der Waals surface area (Å²) in [6.45, 7) is 8.99. The molecule has 4 rings (SSSR count). The van der Waals surface area contributed by atoms with Crippen LogP contribution in [0.4, 0.5) is 0 Å². The zero-order valence-corrected chi connectivity index (χ0v) is 15.1. The molecule has 1 saturated carbocycles. The fourth-order valence-electron chi connectivity index (χ4n) is 5.59. The molecule has 1 N–H and O–H groups in total. The van der Waals surface area contributed by atoms with Gasteiger partial charge in [0.25, 0.3) is 0 Å². The molecule has 3 aliphatic heterocycles. The minimum Gasteiger partial charge on any atom is -0.376 e. The van der Waals surface area contributed by atoms with Crippen LogP contribution >= 0.6 is 0 Å². The van der Waals surface area contributed by atoms with E-state index in [2.05, 4.69) is 22.0 Å². The van der Waals surface area contributed by atoms with E-state index in [1.807, 2.05) is 0 Å². The first kappa shape index (κ1) is 16.8. The lowest BCUT2D eigenvalue weighted by atomic mass is 9.67. The summed E-state index contributed by atoms with van der Waals surface area (Å²) in [4.78, 5) is 18.1. The summed E-state index contributed by atoms with van der Waals surface area (Å²) in [5.41, 5.74) is -0.0709. The summed E-state index contributed by atoms with van der Waals surface area (Å²) in [6, 6.07) is 0.641. The van der Waals surface area contributed by atoms with E-state index in [1.165, 1.54) is 19.3 Å². The molecule has 0 bridgehead atoms. The third-order valence-electron chi connectivity index (χ3n) is 7.00. The molecule has 136 valence electrons. The number of fused-ring (bicyclic) bond motifs is 1. The Balaban J connectivity index is 1.36. The van der Waals surface area contributed by atoms with E-state index in [1.54, 1.807) is 0 Å². The highest BCUT2D eigenvalue weighted by atomic mass is 16.5. The number of morpholine rings is 1. The Morgan fingerprint density at radius 2 is 2.00 bits per heavy atom. The number of amides is 1. The molecule has 0 radical (unpaired) electrons. The Kier molecular flexibility index (Phi) is 4.85. The molecular weight excluding hydrogens is 302 g/mol. The number of likely N-dealkylation sites (tertiary alicyclic amines) is 1. The largest absolute Gasteiger partial charge is 0.376 e. The van der Waals surface area contributed by atoms with Crippen LogP contribution in [0, 0.1) is 11.3 Å². The lowest BCUT2D eigenvalue weighted by molar-refractivity contribution is -0.147. The van der Waals surface area contributed by atoms with Gasteiger partial charge < -0.3 is 15.0 Å². The van der Waals surface area contributed by atoms with Crippen LogP contribution in [0.1, 0.15) is 45.4 Å². The number of carbonyl (C=O) groups excluding carboxylic acids is 1. The standard InChI is InChI=1S/C19H33N3O2/c1-15-13-22(10-11-24-15)17-5-8-21(9-6-17)18(23)19-7-3-2-4-16(19)12-20-14-19/h15-17,20H,2-14H2,1H3/t15?,16-,19+/m0/s1. The van der Waals surface area contributed by atoms with E-state index in [0.717, 1.165) is 65.1 Å². The smallest absolute Gasteiger partial charge is 0.230 e. The van der Waals surface area contributed by atoms with Crippen LogP contribution < -0.4 is 5.32 Å². The lowest BCUT2D eigenvalue weighted by Gasteiger charge is -2.45. The second kappa shape index (κ2) is 6.93. The number of ether oxygens (including phenoxy) is 1. The molecule has 1 amide bonds. The Morgan fingerprint density at radius 1 is 1.17 bits per heavy atom. The SMILES string of the molecule is CC1CN(C2CCN(C(=O)[C@@]34CCCC[C@H]3CNC4)CC2)CCO1. The van der Waals surface area contributed by atoms with E-state index < -0.39 is 0 Å². The van der Waals surface area contributed by atoms with Crippen LogP contribution in [-0.4, -0.2) is 73.7 Å². The van der Waals surface area contributed by atoms with E-state index in [0.29, 0.717) is 24.0 Å². The van der Waals surface area contributed by atoms with Crippen molar-refractivity contribution in [2.75, 3.05) is 45.9 Å². The maximum Gasteiger partial charge on any atom is 0.230 e. The zero-order valence-electron chi connectivity index (χ0n) is 15.1. The zero-order chi connectivity index (χ0) is 16.6. The minimum atomic E-state index is -0.0709. The van der Waals surface area contributed by atoms with Gasteiger partial charge >= 0.3 is 0 Å². The molecular formula is C19H33N3O2. The fourth-order valence-corrected chi connectivity index (χ4v) is 5.59. The van der Waals surface area contributed by atoms with E-state index in [9.17, 15) is 4.79 Å². The van der Waals surface area contributed by atoms with Gasteiger partial charge in [-0.05, 0) is 45.1 Å². The second-order valence-corrected chi connectivity index (χ2v) is 8.43. The quantitative estimate of drug-likeness (QED) is 0.830. The average molecular weight is 335 g/mol. The fraction of sp³-hybridized carbons (Fsp3) is 0.947. The Labute approximate surface area is 146 Å². The highest BCUT2D eigenvalue weighted by Crippen LogP contribution is 2.45. The number of rotatable bonds is 2. The molecule has 1 aliphatic carbocycles. The van der Waals surface area contributed by atoms with Crippen LogP contribution in [0.3, 0.4) is 0 Å². The van der Waals surface area contributed by atoms with Crippen LogP contribution in [0.2, 0.25) is 0 Å². The first-order valence-corrected chi connectivity index (χ1v) is 10.0. The van der Waals surface area contributed by atoms with Gasteiger partial charge in [-0.3, -0.25) is 9.69 Å². The van der Waals surface area contributed by atoms with Gasteiger partial charge in [0, 0.05) is 38.8 Å². The van der Waals surface area contributed by atoms with Gasteiger partial charge in [-0.15, -0.1) is 0 Å². The first-order valence-electron chi connectivity index (χ1n) is 10.0. The van der Waals surface area contributed by atoms with Crippen LogP contribution in [0.15, 0.2) is 0 Å². The third kappa shape index (κ3) is 2.99. The molecule has 0 aromatic heterocycles. The summed E-state index contributed by atoms with van der Waals surface area (Å²) in [6.07, 6.45) is 7.49. The van der Waals surface area contributed by atoms with Gasteiger partial charge in [0.2, 0.25) is 5.91 Å². The van der Waals surface area contributed by atoms with Gasteiger partial charge in [0.15, 0.2) is 0 Å². The van der Waals surface area contributed by atoms with Crippen molar-refractivity contribution < 1.29 is 9.53 Å². The van der Waals surface area contributed by atoms with Crippen molar-refractivity contribution in [1.82, 2.24) is 15.1 Å². The number of nitrogens with zero attached hydrogens (tertiary/aromatic N) is 2. The van der Waals surface area contributed by atoms with Crippen molar-refractivity contribution in [3.63, 3.8) is 0 Å². The second-order valence-electron chi connectivity index (χ2n) is 8.43. The van der Waals surface area contributed by atoms with E-state index >= 15 is 0 Å². The van der Waals surface area contributed by atoms with Gasteiger partial charge in [-0.2, -0.15) is 0 Å². The molecule has 0 spiro atoms. The average Bonchev–Trinajstić information content (AvgIpc) is 3.06. The third-order valence-corrected chi connectivity index (χ3v) is 7.00. The summed E-state index contributed by atoms with van der Waals surface area (Å²) in [5, 5.41) is 3.52. The predicted octanol–water partition coefficient (Wildman–Crippen LogP) is 1.48. The number of hydrogen-bond donors (Lipinski definition) is 1. The number of nitrogens with one attached hydrogen (secondary N) is 1. The Hall–Kier alpha value is -0.650. The normalized spacial score (nSPS) is 39.0. The molecule has 3 heterocycles. The Bertz CT molecular complexity index is 464. The molecule has 5 nitrogen and oxygen atoms in total. The maximum absolute atomic E-state index is 13.3. The maximum atomic E-state index is 13.3. The topological polar surface area (TPSA) is 44.8 Å². The molecule has 24 heavy (non-hydrogen) atoms. The van der Waals surface area contributed by atoms with E-state index in [-0.39, 0.29) is 5.41 Å². The Morgan fingerprint density at radius 3 is 2.79 bits per heavy atom. The molecule has 5 heteroatoms. The van der Waals surface area contributed by atoms with Crippen LogP contribution in [-0.2, 0) is 9.53 Å². The van der Waals surface area contributed by atoms with Crippen molar-refractivity contribution in [2.45, 2.75) is 57.6 Å². The highest BCUT2D eigenvalue weighted by molar-refractivity contribution is 5.84. The van der Waals surface area contributed by atoms with Gasteiger partial charge in [-0.25, -0.2) is 0 Å². The summed E-state index contributed by atoms with van der Waals surface area (Å²) in [7, 11) is 0. The van der Waals surface area contributed by atoms with Gasteiger partial charge in [-0.1, -0.05) is 12.8 Å². The monoisotopic (exact) mass is 335 g/mol. The predicted molar refractivity (Wildman–Crippen MR) is 93.8 cm³/mol. The molecule has 3 saturated heterocycles. The molecule has 1 unspecified atom stereocenters. The summed E-state index contributed by atoms with van der Waals surface area (Å²) >= 11 is 0. The number of hydrogen-bond acceptors (Lipinski definition) is 4. The van der Waals surface area contributed by atoms with Gasteiger partial charge in [0.05, 0.1) is 18.1 Å². The van der Waals surface area contributed by atoms with E-state index in [4.69, 9.17) is 4.74 Å². The molecule has 0 aromatic rings. The minimum absolute atomic E-state index is 0.0709. The van der Waals surface area contributed by atoms with Crippen molar-refractivity contribution in [2.24, 2.45) is 11.3 Å². The van der Waals surface area contributed by atoms with Crippen molar-refractivity contribution >= 4 is 5.91 Å². The first-order chi connectivity index (χ1) is 11.7. The number of carbonyl (C=O) groups is 1. The van der Waals surface area contributed by atoms with Crippen LogP contribution in [0.5, 0.6) is 0 Å². The molecule has 0 aromatic carbocycles. The van der Waals surface area contributed by atoms with Crippen molar-refractivity contribution in [3.05, 3.63) is 0 Å².